The van der Waals surface area contributed by atoms with E-state index in [0.29, 0.717) is 16.8 Å². The van der Waals surface area contributed by atoms with Crippen molar-refractivity contribution in [3.63, 3.8) is 0 Å². The minimum absolute atomic E-state index is 0.230. The predicted octanol–water partition coefficient (Wildman–Crippen LogP) is 1.59. The maximum Gasteiger partial charge on any atom is 0.254 e. The maximum absolute atomic E-state index is 13.4. The van der Waals surface area contributed by atoms with Crippen LogP contribution in [0, 0.1) is 5.82 Å². The Kier molecular flexibility index (Phi) is 1.97. The number of thiazole rings is 1. The first-order valence-corrected chi connectivity index (χ1v) is 5.50. The normalized spacial score (nSPS) is 13.7. The van der Waals surface area contributed by atoms with Gasteiger partial charge in [-0.15, -0.1) is 11.3 Å². The second-order valence-corrected chi connectivity index (χ2v) is 4.24. The SMILES string of the molecule is O=C1NCc2c(F)cnc(-c3cncs3)c21. The van der Waals surface area contributed by atoms with Crippen molar-refractivity contribution in [1.29, 1.82) is 0 Å². The van der Waals surface area contributed by atoms with E-state index in [1.807, 2.05) is 0 Å². The zero-order valence-corrected chi connectivity index (χ0v) is 8.84. The summed E-state index contributed by atoms with van der Waals surface area (Å²) in [5.41, 5.74) is 2.89. The summed E-state index contributed by atoms with van der Waals surface area (Å²) in [5, 5.41) is 2.59. The number of carbonyl (C=O) groups is 1. The molecule has 1 aliphatic heterocycles. The quantitative estimate of drug-likeness (QED) is 0.816. The van der Waals surface area contributed by atoms with Gasteiger partial charge in [-0.2, -0.15) is 0 Å². The van der Waals surface area contributed by atoms with Gasteiger partial charge in [0.05, 0.1) is 27.8 Å². The molecule has 0 saturated heterocycles. The van der Waals surface area contributed by atoms with E-state index < -0.39 is 5.82 Å². The first-order valence-electron chi connectivity index (χ1n) is 4.62. The van der Waals surface area contributed by atoms with Crippen LogP contribution in [0.2, 0.25) is 0 Å². The summed E-state index contributed by atoms with van der Waals surface area (Å²) < 4.78 is 13.4. The largest absolute Gasteiger partial charge is 0.348 e. The Hall–Kier alpha value is -1.82. The molecule has 16 heavy (non-hydrogen) atoms. The molecule has 0 atom stereocenters. The number of pyridine rings is 1. The van der Waals surface area contributed by atoms with Crippen molar-refractivity contribution in [2.45, 2.75) is 6.54 Å². The average molecular weight is 235 g/mol. The highest BCUT2D eigenvalue weighted by atomic mass is 32.1. The third-order valence-corrected chi connectivity index (χ3v) is 3.23. The maximum atomic E-state index is 13.4. The van der Waals surface area contributed by atoms with Crippen LogP contribution in [-0.4, -0.2) is 15.9 Å². The predicted molar refractivity (Wildman–Crippen MR) is 56.5 cm³/mol. The van der Waals surface area contributed by atoms with Crippen molar-refractivity contribution in [2.24, 2.45) is 0 Å². The molecule has 2 aromatic heterocycles. The number of amides is 1. The van der Waals surface area contributed by atoms with Gasteiger partial charge >= 0.3 is 0 Å². The molecule has 80 valence electrons. The van der Waals surface area contributed by atoms with Gasteiger partial charge in [0.2, 0.25) is 0 Å². The number of nitrogens with zero attached hydrogens (tertiary/aromatic N) is 2. The summed E-state index contributed by atoms with van der Waals surface area (Å²) in [7, 11) is 0. The molecule has 1 amide bonds. The van der Waals surface area contributed by atoms with Gasteiger partial charge in [-0.05, 0) is 0 Å². The fraction of sp³-hybridized carbons (Fsp3) is 0.100. The van der Waals surface area contributed by atoms with Gasteiger partial charge in [-0.25, -0.2) is 4.39 Å². The topological polar surface area (TPSA) is 54.9 Å². The Morgan fingerprint density at radius 3 is 3.06 bits per heavy atom. The zero-order chi connectivity index (χ0) is 11.1. The zero-order valence-electron chi connectivity index (χ0n) is 8.03. The molecule has 3 heterocycles. The summed E-state index contributed by atoms with van der Waals surface area (Å²) in [5.74, 6) is -0.716. The lowest BCUT2D eigenvalue weighted by atomic mass is 10.1. The minimum atomic E-state index is -0.443. The Balaban J connectivity index is 2.29. The molecule has 1 aliphatic rings. The number of rotatable bonds is 1. The number of aromatic nitrogens is 2. The highest BCUT2D eigenvalue weighted by Gasteiger charge is 2.27. The first kappa shape index (κ1) is 9.41. The van der Waals surface area contributed by atoms with Crippen LogP contribution in [0.5, 0.6) is 0 Å². The number of carbonyl (C=O) groups excluding carboxylic acids is 1. The van der Waals surface area contributed by atoms with Gasteiger partial charge in [-0.3, -0.25) is 14.8 Å². The second kappa shape index (κ2) is 3.34. The highest BCUT2D eigenvalue weighted by Crippen LogP contribution is 2.30. The van der Waals surface area contributed by atoms with Gasteiger partial charge in [0, 0.05) is 18.3 Å². The Morgan fingerprint density at radius 2 is 2.31 bits per heavy atom. The number of halogens is 1. The molecule has 4 nitrogen and oxygen atoms in total. The molecule has 0 bridgehead atoms. The molecule has 1 N–H and O–H groups in total. The highest BCUT2D eigenvalue weighted by molar-refractivity contribution is 7.13. The fourth-order valence-electron chi connectivity index (χ4n) is 1.72. The molecular formula is C10H6FN3OS. The van der Waals surface area contributed by atoms with E-state index in [0.717, 1.165) is 11.1 Å². The van der Waals surface area contributed by atoms with Crippen molar-refractivity contribution in [3.05, 3.63) is 34.8 Å². The lowest BCUT2D eigenvalue weighted by Gasteiger charge is -2.03. The Bertz CT molecular complexity index is 568. The van der Waals surface area contributed by atoms with Crippen molar-refractivity contribution >= 4 is 17.2 Å². The molecule has 2 aromatic rings. The number of hydrogen-bond acceptors (Lipinski definition) is 4. The summed E-state index contributed by atoms with van der Waals surface area (Å²) in [4.78, 5) is 20.3. The fourth-order valence-corrected chi connectivity index (χ4v) is 2.34. The molecule has 0 saturated carbocycles. The van der Waals surface area contributed by atoms with E-state index in [4.69, 9.17) is 0 Å². The Labute approximate surface area is 94.2 Å². The van der Waals surface area contributed by atoms with E-state index in [2.05, 4.69) is 15.3 Å². The monoisotopic (exact) mass is 235 g/mol. The van der Waals surface area contributed by atoms with Crippen molar-refractivity contribution in [1.82, 2.24) is 15.3 Å². The molecule has 3 rings (SSSR count). The van der Waals surface area contributed by atoms with Gasteiger partial charge in [0.1, 0.15) is 5.82 Å². The van der Waals surface area contributed by atoms with Crippen molar-refractivity contribution in [2.75, 3.05) is 0 Å². The lowest BCUT2D eigenvalue weighted by Crippen LogP contribution is -2.13. The molecule has 0 unspecified atom stereocenters. The molecule has 0 radical (unpaired) electrons. The van der Waals surface area contributed by atoms with E-state index >= 15 is 0 Å². The smallest absolute Gasteiger partial charge is 0.254 e. The van der Waals surface area contributed by atoms with Crippen LogP contribution < -0.4 is 5.32 Å². The van der Waals surface area contributed by atoms with Gasteiger partial charge in [0.15, 0.2) is 0 Å². The summed E-state index contributed by atoms with van der Waals surface area (Å²) in [6, 6.07) is 0. The number of fused-ring (bicyclic) bond motifs is 1. The van der Waals surface area contributed by atoms with Crippen LogP contribution in [0.1, 0.15) is 15.9 Å². The molecular weight excluding hydrogens is 229 g/mol. The van der Waals surface area contributed by atoms with Crippen LogP contribution >= 0.6 is 11.3 Å². The van der Waals surface area contributed by atoms with Crippen LogP contribution in [0.3, 0.4) is 0 Å². The standard InChI is InChI=1S/C10H6FN3OS/c11-6-2-13-9(7-3-12-4-16-7)8-5(6)1-14-10(8)15/h2-4H,1H2,(H,14,15). The number of hydrogen-bond donors (Lipinski definition) is 1. The van der Waals surface area contributed by atoms with Crippen LogP contribution in [0.15, 0.2) is 17.9 Å². The second-order valence-electron chi connectivity index (χ2n) is 3.36. The molecule has 0 aliphatic carbocycles. The van der Waals surface area contributed by atoms with Gasteiger partial charge < -0.3 is 5.32 Å². The van der Waals surface area contributed by atoms with E-state index in [-0.39, 0.29) is 12.5 Å². The first-order chi connectivity index (χ1) is 7.77. The molecule has 6 heteroatoms. The van der Waals surface area contributed by atoms with E-state index in [1.165, 1.54) is 11.3 Å². The van der Waals surface area contributed by atoms with Crippen LogP contribution in [0.25, 0.3) is 10.6 Å². The van der Waals surface area contributed by atoms with E-state index in [9.17, 15) is 9.18 Å². The summed E-state index contributed by atoms with van der Waals surface area (Å²) >= 11 is 1.37. The lowest BCUT2D eigenvalue weighted by molar-refractivity contribution is 0.0966. The molecule has 0 aromatic carbocycles. The van der Waals surface area contributed by atoms with Gasteiger partial charge in [-0.1, -0.05) is 0 Å². The van der Waals surface area contributed by atoms with Crippen molar-refractivity contribution in [3.8, 4) is 10.6 Å². The van der Waals surface area contributed by atoms with Crippen LogP contribution in [0.4, 0.5) is 4.39 Å². The average Bonchev–Trinajstić information content (AvgIpc) is 2.90. The third kappa shape index (κ3) is 1.23. The molecule has 0 fully saturated rings. The number of nitrogens with one attached hydrogen (secondary N) is 1. The third-order valence-electron chi connectivity index (χ3n) is 2.45. The van der Waals surface area contributed by atoms with Crippen LogP contribution in [-0.2, 0) is 6.54 Å². The van der Waals surface area contributed by atoms with Crippen molar-refractivity contribution < 1.29 is 9.18 Å². The summed E-state index contributed by atoms with van der Waals surface area (Å²) in [6.45, 7) is 0.230. The van der Waals surface area contributed by atoms with Gasteiger partial charge in [0.25, 0.3) is 5.91 Å². The Morgan fingerprint density at radius 1 is 1.44 bits per heavy atom. The van der Waals surface area contributed by atoms with E-state index in [1.54, 1.807) is 11.7 Å². The summed E-state index contributed by atoms with van der Waals surface area (Å²) in [6.07, 6.45) is 2.77. The minimum Gasteiger partial charge on any atom is -0.348 e. The molecule has 0 spiro atoms.